The zero-order valence-electron chi connectivity index (χ0n) is 7.92. The van der Waals surface area contributed by atoms with Crippen molar-refractivity contribution in [1.29, 1.82) is 0 Å². The summed E-state index contributed by atoms with van der Waals surface area (Å²) in [4.78, 5) is 2.48. The van der Waals surface area contributed by atoms with Gasteiger partial charge in [0.05, 0.1) is 12.7 Å². The summed E-state index contributed by atoms with van der Waals surface area (Å²) in [5.41, 5.74) is 0. The maximum absolute atomic E-state index is 5.68. The van der Waals surface area contributed by atoms with E-state index in [4.69, 9.17) is 4.74 Å². The second-order valence-corrected chi connectivity index (χ2v) is 4.02. The molecule has 2 heterocycles. The SMILES string of the molecule is CC(C)N1CC2NCCOC2C1. The number of hydrogen-bond acceptors (Lipinski definition) is 3. The number of morpholine rings is 1. The molecule has 2 aliphatic heterocycles. The fourth-order valence-corrected chi connectivity index (χ4v) is 2.04. The molecule has 0 aromatic carbocycles. The first-order valence-electron chi connectivity index (χ1n) is 4.86. The first-order valence-corrected chi connectivity index (χ1v) is 4.86. The van der Waals surface area contributed by atoms with E-state index < -0.39 is 0 Å². The van der Waals surface area contributed by atoms with E-state index in [1.165, 1.54) is 0 Å². The first kappa shape index (κ1) is 8.48. The minimum atomic E-state index is 0.446. The van der Waals surface area contributed by atoms with Crippen LogP contribution < -0.4 is 5.32 Å². The average Bonchev–Trinajstić information content (AvgIpc) is 2.46. The molecule has 12 heavy (non-hydrogen) atoms. The van der Waals surface area contributed by atoms with Crippen LogP contribution >= 0.6 is 0 Å². The molecule has 0 aromatic rings. The molecular formula is C9H18N2O. The molecule has 0 saturated carbocycles. The van der Waals surface area contributed by atoms with Crippen LogP contribution in [0.2, 0.25) is 0 Å². The van der Waals surface area contributed by atoms with Gasteiger partial charge in [-0.15, -0.1) is 0 Å². The Morgan fingerprint density at radius 1 is 1.42 bits per heavy atom. The molecule has 0 radical (unpaired) electrons. The lowest BCUT2D eigenvalue weighted by molar-refractivity contribution is 0.0169. The van der Waals surface area contributed by atoms with E-state index in [0.717, 1.165) is 26.2 Å². The molecule has 2 saturated heterocycles. The van der Waals surface area contributed by atoms with Crippen LogP contribution in [0, 0.1) is 0 Å². The summed E-state index contributed by atoms with van der Waals surface area (Å²) in [5.74, 6) is 0. The molecule has 0 aromatic heterocycles. The Morgan fingerprint density at radius 2 is 2.25 bits per heavy atom. The topological polar surface area (TPSA) is 24.5 Å². The Labute approximate surface area is 74.1 Å². The van der Waals surface area contributed by atoms with Gasteiger partial charge in [-0.25, -0.2) is 0 Å². The van der Waals surface area contributed by atoms with Gasteiger partial charge < -0.3 is 10.1 Å². The zero-order chi connectivity index (χ0) is 8.55. The second kappa shape index (κ2) is 3.32. The first-order chi connectivity index (χ1) is 5.77. The van der Waals surface area contributed by atoms with E-state index in [1.54, 1.807) is 0 Å². The normalized spacial score (nSPS) is 37.2. The third-order valence-corrected chi connectivity index (χ3v) is 2.87. The minimum absolute atomic E-state index is 0.446. The monoisotopic (exact) mass is 170 g/mol. The lowest BCUT2D eigenvalue weighted by Gasteiger charge is -2.25. The van der Waals surface area contributed by atoms with Crippen LogP contribution in [-0.2, 0) is 4.74 Å². The average molecular weight is 170 g/mol. The van der Waals surface area contributed by atoms with E-state index >= 15 is 0 Å². The molecule has 3 heteroatoms. The van der Waals surface area contributed by atoms with Gasteiger partial charge in [0.1, 0.15) is 0 Å². The van der Waals surface area contributed by atoms with Crippen molar-refractivity contribution >= 4 is 0 Å². The smallest absolute Gasteiger partial charge is 0.0867 e. The van der Waals surface area contributed by atoms with Crippen LogP contribution in [0.15, 0.2) is 0 Å². The van der Waals surface area contributed by atoms with Gasteiger partial charge >= 0.3 is 0 Å². The Balaban J connectivity index is 1.94. The number of nitrogens with zero attached hydrogens (tertiary/aromatic N) is 1. The van der Waals surface area contributed by atoms with Gasteiger partial charge in [0, 0.05) is 31.7 Å². The fourth-order valence-electron chi connectivity index (χ4n) is 2.04. The molecule has 1 N–H and O–H groups in total. The van der Waals surface area contributed by atoms with Gasteiger partial charge in [0.2, 0.25) is 0 Å². The number of nitrogens with one attached hydrogen (secondary N) is 1. The summed E-state index contributed by atoms with van der Waals surface area (Å²) in [6.07, 6.45) is 0.446. The largest absolute Gasteiger partial charge is 0.374 e. The highest BCUT2D eigenvalue weighted by Crippen LogP contribution is 2.17. The summed E-state index contributed by atoms with van der Waals surface area (Å²) in [6.45, 7) is 8.66. The van der Waals surface area contributed by atoms with Crippen molar-refractivity contribution in [2.24, 2.45) is 0 Å². The molecule has 0 amide bonds. The standard InChI is InChI=1S/C9H18N2O/c1-7(2)11-5-8-9(6-11)12-4-3-10-8/h7-10H,3-6H2,1-2H3. The van der Waals surface area contributed by atoms with Crippen molar-refractivity contribution in [3.05, 3.63) is 0 Å². The van der Waals surface area contributed by atoms with E-state index in [9.17, 15) is 0 Å². The van der Waals surface area contributed by atoms with Gasteiger partial charge in [0.15, 0.2) is 0 Å². The van der Waals surface area contributed by atoms with Crippen molar-refractivity contribution < 1.29 is 4.74 Å². The van der Waals surface area contributed by atoms with Crippen molar-refractivity contribution in [3.63, 3.8) is 0 Å². The molecular weight excluding hydrogens is 152 g/mol. The lowest BCUT2D eigenvalue weighted by Crippen LogP contribution is -2.47. The Morgan fingerprint density at radius 3 is 2.92 bits per heavy atom. The molecule has 0 bridgehead atoms. The minimum Gasteiger partial charge on any atom is -0.374 e. The Hall–Kier alpha value is -0.120. The van der Waals surface area contributed by atoms with Crippen LogP contribution in [0.1, 0.15) is 13.8 Å². The highest BCUT2D eigenvalue weighted by molar-refractivity contribution is 4.93. The summed E-state index contributed by atoms with van der Waals surface area (Å²) in [5, 5.41) is 3.50. The number of ether oxygens (including phenoxy) is 1. The van der Waals surface area contributed by atoms with Crippen LogP contribution in [0.4, 0.5) is 0 Å². The number of rotatable bonds is 1. The van der Waals surface area contributed by atoms with E-state index in [1.807, 2.05) is 0 Å². The van der Waals surface area contributed by atoms with Gasteiger partial charge in [-0.05, 0) is 13.8 Å². The lowest BCUT2D eigenvalue weighted by atomic mass is 10.2. The van der Waals surface area contributed by atoms with Crippen molar-refractivity contribution in [1.82, 2.24) is 10.2 Å². The molecule has 2 atom stereocenters. The Bertz CT molecular complexity index is 147. The third kappa shape index (κ3) is 1.49. The number of hydrogen-bond donors (Lipinski definition) is 1. The molecule has 3 nitrogen and oxygen atoms in total. The highest BCUT2D eigenvalue weighted by Gasteiger charge is 2.35. The predicted octanol–water partition coefficient (Wildman–Crippen LogP) is 0.0674. The van der Waals surface area contributed by atoms with Crippen LogP contribution in [-0.4, -0.2) is 49.3 Å². The van der Waals surface area contributed by atoms with E-state index in [2.05, 4.69) is 24.1 Å². The molecule has 0 spiro atoms. The van der Waals surface area contributed by atoms with Crippen molar-refractivity contribution in [2.45, 2.75) is 32.0 Å². The molecule has 70 valence electrons. The van der Waals surface area contributed by atoms with Crippen molar-refractivity contribution in [3.8, 4) is 0 Å². The molecule has 2 aliphatic rings. The summed E-state index contributed by atoms with van der Waals surface area (Å²) < 4.78 is 5.68. The number of likely N-dealkylation sites (tertiary alicyclic amines) is 1. The maximum atomic E-state index is 5.68. The van der Waals surface area contributed by atoms with Gasteiger partial charge in [-0.2, -0.15) is 0 Å². The van der Waals surface area contributed by atoms with Gasteiger partial charge in [0.25, 0.3) is 0 Å². The second-order valence-electron chi connectivity index (χ2n) is 4.02. The molecule has 0 aliphatic carbocycles. The zero-order valence-corrected chi connectivity index (χ0v) is 7.92. The van der Waals surface area contributed by atoms with Crippen LogP contribution in [0.5, 0.6) is 0 Å². The van der Waals surface area contributed by atoms with Crippen LogP contribution in [0.3, 0.4) is 0 Å². The summed E-state index contributed by atoms with van der Waals surface area (Å²) >= 11 is 0. The van der Waals surface area contributed by atoms with E-state index in [-0.39, 0.29) is 0 Å². The third-order valence-electron chi connectivity index (χ3n) is 2.87. The van der Waals surface area contributed by atoms with Gasteiger partial charge in [-0.3, -0.25) is 4.90 Å². The van der Waals surface area contributed by atoms with Crippen molar-refractivity contribution in [2.75, 3.05) is 26.2 Å². The number of fused-ring (bicyclic) bond motifs is 1. The van der Waals surface area contributed by atoms with Crippen LogP contribution in [0.25, 0.3) is 0 Å². The fraction of sp³-hybridized carbons (Fsp3) is 1.00. The summed E-state index contributed by atoms with van der Waals surface area (Å²) in [7, 11) is 0. The maximum Gasteiger partial charge on any atom is 0.0867 e. The molecule has 2 fully saturated rings. The van der Waals surface area contributed by atoms with Gasteiger partial charge in [-0.1, -0.05) is 0 Å². The predicted molar refractivity (Wildman–Crippen MR) is 48.2 cm³/mol. The molecule has 2 unspecified atom stereocenters. The Kier molecular flexibility index (Phi) is 2.35. The van der Waals surface area contributed by atoms with E-state index in [0.29, 0.717) is 18.2 Å². The molecule has 2 rings (SSSR count). The highest BCUT2D eigenvalue weighted by atomic mass is 16.5. The summed E-state index contributed by atoms with van der Waals surface area (Å²) in [6, 6.07) is 1.24. The quantitative estimate of drug-likeness (QED) is 0.602.